The fraction of sp³-hybridized carbons (Fsp3) is 0.103. The molecule has 0 aliphatic rings. The van der Waals surface area contributed by atoms with Gasteiger partial charge in [0.15, 0.2) is 12.2 Å². The van der Waals surface area contributed by atoms with Crippen LogP contribution in [0.4, 0.5) is 0 Å². The number of hydrogen-bond acceptors (Lipinski definition) is 16. The second kappa shape index (κ2) is 20.5. The fourth-order valence-corrected chi connectivity index (χ4v) is 4.13. The van der Waals surface area contributed by atoms with E-state index >= 15 is 0 Å². The Balaban J connectivity index is 0.000000161. The molecule has 55 heavy (non-hydrogen) atoms. The lowest BCUT2D eigenvalue weighted by Crippen LogP contribution is -2.00. The Labute approximate surface area is 315 Å². The van der Waals surface area contributed by atoms with E-state index in [2.05, 4.69) is 83.9 Å². The van der Waals surface area contributed by atoms with Crippen LogP contribution in [0.1, 0.15) is 5.82 Å². The first kappa shape index (κ1) is 38.0. The Morgan fingerprint density at radius 1 is 0.455 bits per heavy atom. The molecule has 4 heterocycles. The molecule has 0 unspecified atom stereocenters. The van der Waals surface area contributed by atoms with E-state index < -0.39 is 0 Å². The predicted molar refractivity (Wildman–Crippen MR) is 200 cm³/mol. The topological polar surface area (TPSA) is 195 Å². The van der Waals surface area contributed by atoms with Crippen molar-refractivity contribution >= 4 is 0 Å². The van der Waals surface area contributed by atoms with Gasteiger partial charge in [-0.3, -0.25) is 4.98 Å². The first-order chi connectivity index (χ1) is 27.1. The standard InChI is InChI=1S/C16H11N5O.C12H10N4O.C11H8N4O/c1-2-11-22-13-8-6-12(7-9-13)15-18-20-16(21-19-15)14-5-3-4-10-17-14;1-3-8-17-11-6-4-10(5-7-11)12-15-13-9(2)14-16-12;1-2-7-16-10-5-3-9(4-6-10)11-14-12-8-13-15-11/h1,3-10H,11H2;1,4-7H,8H2,2H3;1,3-6,8H,7H2. The van der Waals surface area contributed by atoms with E-state index in [1.165, 1.54) is 6.33 Å². The minimum Gasteiger partial charge on any atom is -0.481 e. The molecule has 3 aromatic carbocycles. The lowest BCUT2D eigenvalue weighted by Gasteiger charge is -2.03. The van der Waals surface area contributed by atoms with Gasteiger partial charge in [-0.1, -0.05) is 23.8 Å². The van der Waals surface area contributed by atoms with Gasteiger partial charge in [0, 0.05) is 22.9 Å². The van der Waals surface area contributed by atoms with Crippen LogP contribution in [0.3, 0.4) is 0 Å². The van der Waals surface area contributed by atoms with Crippen LogP contribution in [0.2, 0.25) is 0 Å². The quantitative estimate of drug-likeness (QED) is 0.182. The average Bonchev–Trinajstić information content (AvgIpc) is 3.26. The van der Waals surface area contributed by atoms with Gasteiger partial charge in [-0.15, -0.1) is 80.5 Å². The number of aryl methyl sites for hydroxylation is 1. The number of aromatic nitrogens is 13. The van der Waals surface area contributed by atoms with E-state index in [1.807, 2.05) is 48.5 Å². The molecule has 0 amide bonds. The molecule has 16 heteroatoms. The third kappa shape index (κ3) is 11.9. The van der Waals surface area contributed by atoms with Crippen LogP contribution in [-0.2, 0) is 0 Å². The highest BCUT2D eigenvalue weighted by Crippen LogP contribution is 2.20. The second-order valence-electron chi connectivity index (χ2n) is 10.5. The second-order valence-corrected chi connectivity index (χ2v) is 10.5. The smallest absolute Gasteiger partial charge is 0.221 e. The molecule has 7 aromatic rings. The molecular weight excluding hydrogens is 699 g/mol. The Hall–Kier alpha value is -8.29. The molecule has 0 N–H and O–H groups in total. The molecule has 4 aromatic heterocycles. The van der Waals surface area contributed by atoms with Crippen molar-refractivity contribution in [2.24, 2.45) is 0 Å². The summed E-state index contributed by atoms with van der Waals surface area (Å²) in [6.45, 7) is 2.48. The van der Waals surface area contributed by atoms with Crippen molar-refractivity contribution in [2.75, 3.05) is 19.8 Å². The third-order valence-electron chi connectivity index (χ3n) is 6.66. The van der Waals surface area contributed by atoms with Gasteiger partial charge in [0.1, 0.15) is 42.8 Å². The highest BCUT2D eigenvalue weighted by atomic mass is 16.5. The summed E-state index contributed by atoms with van der Waals surface area (Å²) in [7, 11) is 0. The molecule has 0 fully saturated rings. The molecular formula is C39H29N13O3. The molecule has 0 radical (unpaired) electrons. The van der Waals surface area contributed by atoms with Crippen LogP contribution in [0, 0.1) is 44.0 Å². The van der Waals surface area contributed by atoms with Crippen LogP contribution in [0.25, 0.3) is 45.7 Å². The van der Waals surface area contributed by atoms with Crippen molar-refractivity contribution in [3.05, 3.63) is 109 Å². The lowest BCUT2D eigenvalue weighted by molar-refractivity contribution is 0.370. The van der Waals surface area contributed by atoms with Crippen molar-refractivity contribution in [3.8, 4) is 100.0 Å². The van der Waals surface area contributed by atoms with Gasteiger partial charge in [0.25, 0.3) is 0 Å². The average molecular weight is 728 g/mol. The Morgan fingerprint density at radius 2 is 0.836 bits per heavy atom. The number of ether oxygens (including phenoxy) is 3. The summed E-state index contributed by atoms with van der Waals surface area (Å²) < 4.78 is 15.8. The zero-order valence-corrected chi connectivity index (χ0v) is 29.2. The zero-order chi connectivity index (χ0) is 38.5. The van der Waals surface area contributed by atoms with Gasteiger partial charge < -0.3 is 14.2 Å². The van der Waals surface area contributed by atoms with Crippen molar-refractivity contribution in [1.82, 2.24) is 66.2 Å². The first-order valence-electron chi connectivity index (χ1n) is 16.1. The minimum atomic E-state index is 0.234. The van der Waals surface area contributed by atoms with Crippen LogP contribution in [0.5, 0.6) is 17.2 Å². The van der Waals surface area contributed by atoms with E-state index in [4.69, 9.17) is 33.5 Å². The maximum absolute atomic E-state index is 5.31. The molecule has 0 aliphatic carbocycles. The van der Waals surface area contributed by atoms with Gasteiger partial charge in [-0.05, 0) is 91.9 Å². The van der Waals surface area contributed by atoms with Crippen LogP contribution < -0.4 is 14.2 Å². The normalized spacial score (nSPS) is 9.71. The van der Waals surface area contributed by atoms with Gasteiger partial charge >= 0.3 is 0 Å². The molecule has 0 saturated heterocycles. The predicted octanol–water partition coefficient (Wildman–Crippen LogP) is 4.21. The molecule has 16 nitrogen and oxygen atoms in total. The van der Waals surface area contributed by atoms with Crippen molar-refractivity contribution in [1.29, 1.82) is 0 Å². The number of rotatable bonds is 10. The number of pyridine rings is 1. The summed E-state index contributed by atoms with van der Waals surface area (Å²) in [6, 6.07) is 27.2. The van der Waals surface area contributed by atoms with Crippen LogP contribution in [0.15, 0.2) is 104 Å². The molecule has 0 spiro atoms. The van der Waals surface area contributed by atoms with Gasteiger partial charge in [-0.2, -0.15) is 0 Å². The number of hydrogen-bond donors (Lipinski definition) is 0. The molecule has 268 valence electrons. The van der Waals surface area contributed by atoms with E-state index in [0.29, 0.717) is 52.1 Å². The Kier molecular flexibility index (Phi) is 14.2. The lowest BCUT2D eigenvalue weighted by atomic mass is 10.2. The summed E-state index contributed by atoms with van der Waals surface area (Å²) >= 11 is 0. The Morgan fingerprint density at radius 3 is 1.22 bits per heavy atom. The fourth-order valence-electron chi connectivity index (χ4n) is 4.13. The summed E-state index contributed by atoms with van der Waals surface area (Å²) in [6.07, 6.45) is 18.3. The minimum absolute atomic E-state index is 0.234. The maximum Gasteiger partial charge on any atom is 0.221 e. The van der Waals surface area contributed by atoms with E-state index in [0.717, 1.165) is 16.7 Å². The number of benzene rings is 3. The third-order valence-corrected chi connectivity index (χ3v) is 6.66. The van der Waals surface area contributed by atoms with E-state index in [-0.39, 0.29) is 19.8 Å². The van der Waals surface area contributed by atoms with Gasteiger partial charge in [0.05, 0.1) is 0 Å². The van der Waals surface area contributed by atoms with Crippen LogP contribution in [-0.4, -0.2) is 86.0 Å². The summed E-state index contributed by atoms with van der Waals surface area (Å²) in [5, 5.41) is 46.8. The zero-order valence-electron chi connectivity index (χ0n) is 29.2. The highest BCUT2D eigenvalue weighted by molar-refractivity contribution is 5.57. The molecule has 0 bridgehead atoms. The largest absolute Gasteiger partial charge is 0.481 e. The first-order valence-corrected chi connectivity index (χ1v) is 16.1. The van der Waals surface area contributed by atoms with Crippen molar-refractivity contribution in [3.63, 3.8) is 0 Å². The summed E-state index contributed by atoms with van der Waals surface area (Å²) in [5.74, 6) is 11.6. The van der Waals surface area contributed by atoms with E-state index in [1.54, 1.807) is 55.6 Å². The summed E-state index contributed by atoms with van der Waals surface area (Å²) in [5.41, 5.74) is 3.08. The molecule has 0 aliphatic heterocycles. The molecule has 0 saturated carbocycles. The monoisotopic (exact) mass is 727 g/mol. The number of nitrogens with zero attached hydrogens (tertiary/aromatic N) is 13. The summed E-state index contributed by atoms with van der Waals surface area (Å²) in [4.78, 5) is 4.15. The molecule has 0 atom stereocenters. The number of terminal acetylenes is 3. The van der Waals surface area contributed by atoms with Crippen molar-refractivity contribution < 1.29 is 14.2 Å². The SMILES string of the molecule is C#CCOc1ccc(-c2nnc(-c3ccccn3)nn2)cc1.C#CCOc1ccc(-c2nnc(C)nn2)cc1.C#CCOc1ccc(-c2nncnn2)cc1. The van der Waals surface area contributed by atoms with Crippen LogP contribution >= 0.6 is 0 Å². The van der Waals surface area contributed by atoms with Gasteiger partial charge in [-0.25, -0.2) is 0 Å². The van der Waals surface area contributed by atoms with E-state index in [9.17, 15) is 0 Å². The van der Waals surface area contributed by atoms with Crippen molar-refractivity contribution in [2.45, 2.75) is 6.92 Å². The maximum atomic E-state index is 5.31. The van der Waals surface area contributed by atoms with Gasteiger partial charge in [0.2, 0.25) is 23.3 Å². The Bertz CT molecular complexity index is 2330. The molecule has 7 rings (SSSR count). The highest BCUT2D eigenvalue weighted by Gasteiger charge is 2.08.